The minimum absolute atomic E-state index is 0.126. The molecule has 24 heavy (non-hydrogen) atoms. The van der Waals surface area contributed by atoms with E-state index in [2.05, 4.69) is 37.6 Å². The number of nitrogens with one attached hydrogen (secondary N) is 2. The van der Waals surface area contributed by atoms with E-state index < -0.39 is 0 Å². The fourth-order valence-corrected chi connectivity index (χ4v) is 2.55. The van der Waals surface area contributed by atoms with Gasteiger partial charge in [0, 0.05) is 22.3 Å². The predicted octanol–water partition coefficient (Wildman–Crippen LogP) is 3.22. The van der Waals surface area contributed by atoms with Crippen LogP contribution in [0.1, 0.15) is 21.5 Å². The highest BCUT2D eigenvalue weighted by atomic mass is 79.9. The lowest BCUT2D eigenvalue weighted by molar-refractivity contribution is 0.0955. The van der Waals surface area contributed by atoms with Crippen molar-refractivity contribution in [2.45, 2.75) is 13.8 Å². The standard InChI is InChI=1S/C18H21BrN4O/c1-12-9-13(2)11-16(10-12)23-18(20)22-8-7-21-17(24)14-3-5-15(19)6-4-14/h3-6,9-11H,7-8H2,1-2H3,(H,21,24)(H3,20,22,23). The molecular weight excluding hydrogens is 368 g/mol. The molecule has 2 aromatic rings. The summed E-state index contributed by atoms with van der Waals surface area (Å²) < 4.78 is 0.939. The minimum atomic E-state index is -0.126. The first-order chi connectivity index (χ1) is 11.4. The number of carbonyl (C=O) groups is 1. The van der Waals surface area contributed by atoms with Gasteiger partial charge in [0.25, 0.3) is 5.91 Å². The number of rotatable bonds is 5. The zero-order chi connectivity index (χ0) is 17.5. The molecule has 0 heterocycles. The van der Waals surface area contributed by atoms with E-state index in [1.165, 1.54) is 0 Å². The van der Waals surface area contributed by atoms with E-state index in [4.69, 9.17) is 5.73 Å². The fraction of sp³-hybridized carbons (Fsp3) is 0.222. The van der Waals surface area contributed by atoms with Gasteiger partial charge in [-0.1, -0.05) is 22.0 Å². The van der Waals surface area contributed by atoms with Gasteiger partial charge in [-0.2, -0.15) is 0 Å². The second-order valence-electron chi connectivity index (χ2n) is 5.53. The topological polar surface area (TPSA) is 79.5 Å². The summed E-state index contributed by atoms with van der Waals surface area (Å²) in [5.41, 5.74) is 9.71. The average Bonchev–Trinajstić information content (AvgIpc) is 2.51. The van der Waals surface area contributed by atoms with Crippen LogP contribution >= 0.6 is 15.9 Å². The zero-order valence-electron chi connectivity index (χ0n) is 13.8. The Balaban J connectivity index is 1.80. The molecule has 0 bridgehead atoms. The van der Waals surface area contributed by atoms with Gasteiger partial charge in [0.2, 0.25) is 0 Å². The van der Waals surface area contributed by atoms with Gasteiger partial charge in [0.15, 0.2) is 5.96 Å². The maximum absolute atomic E-state index is 11.9. The Morgan fingerprint density at radius 1 is 1.12 bits per heavy atom. The van der Waals surface area contributed by atoms with Crippen LogP contribution in [0.15, 0.2) is 51.9 Å². The highest BCUT2D eigenvalue weighted by Gasteiger charge is 2.03. The largest absolute Gasteiger partial charge is 0.370 e. The Bertz CT molecular complexity index is 721. The van der Waals surface area contributed by atoms with Gasteiger partial charge in [-0.05, 0) is 61.4 Å². The number of nitrogens with zero attached hydrogens (tertiary/aromatic N) is 1. The minimum Gasteiger partial charge on any atom is -0.370 e. The van der Waals surface area contributed by atoms with Crippen molar-refractivity contribution in [1.29, 1.82) is 0 Å². The van der Waals surface area contributed by atoms with Crippen molar-refractivity contribution in [1.82, 2.24) is 5.32 Å². The third-order valence-electron chi connectivity index (χ3n) is 3.28. The lowest BCUT2D eigenvalue weighted by Gasteiger charge is -2.08. The molecule has 0 saturated heterocycles. The quantitative estimate of drug-likeness (QED) is 0.417. The molecule has 2 aromatic carbocycles. The number of benzene rings is 2. The fourth-order valence-electron chi connectivity index (χ4n) is 2.28. The molecule has 0 saturated carbocycles. The van der Waals surface area contributed by atoms with E-state index in [9.17, 15) is 4.79 Å². The van der Waals surface area contributed by atoms with E-state index in [0.29, 0.717) is 24.6 Å². The summed E-state index contributed by atoms with van der Waals surface area (Å²) in [5, 5.41) is 5.87. The molecule has 4 N–H and O–H groups in total. The van der Waals surface area contributed by atoms with E-state index in [1.807, 2.05) is 38.1 Å². The Labute approximate surface area is 150 Å². The number of aryl methyl sites for hydroxylation is 2. The molecule has 0 aliphatic heterocycles. The first kappa shape index (κ1) is 18.0. The molecule has 0 aliphatic rings. The molecular formula is C18H21BrN4O. The number of amides is 1. The van der Waals surface area contributed by atoms with Crippen molar-refractivity contribution in [2.24, 2.45) is 10.7 Å². The number of nitrogens with two attached hydrogens (primary N) is 1. The summed E-state index contributed by atoms with van der Waals surface area (Å²) in [5.74, 6) is 0.205. The number of aliphatic imine (C=N–C) groups is 1. The summed E-state index contributed by atoms with van der Waals surface area (Å²) >= 11 is 3.34. The summed E-state index contributed by atoms with van der Waals surface area (Å²) in [6, 6.07) is 13.3. The Morgan fingerprint density at radius 3 is 2.38 bits per heavy atom. The Kier molecular flexibility index (Phi) is 6.37. The van der Waals surface area contributed by atoms with Crippen molar-refractivity contribution in [3.05, 3.63) is 63.6 Å². The van der Waals surface area contributed by atoms with Crippen LogP contribution in [0.25, 0.3) is 0 Å². The summed E-state index contributed by atoms with van der Waals surface area (Å²) in [7, 11) is 0. The molecule has 0 radical (unpaired) electrons. The number of hydrogen-bond donors (Lipinski definition) is 3. The number of halogens is 1. The van der Waals surface area contributed by atoms with Crippen LogP contribution < -0.4 is 16.4 Å². The van der Waals surface area contributed by atoms with E-state index in [0.717, 1.165) is 21.3 Å². The van der Waals surface area contributed by atoms with Crippen molar-refractivity contribution in [2.75, 3.05) is 18.4 Å². The van der Waals surface area contributed by atoms with E-state index in [-0.39, 0.29) is 5.91 Å². The van der Waals surface area contributed by atoms with Crippen LogP contribution in [0.4, 0.5) is 5.69 Å². The van der Waals surface area contributed by atoms with Gasteiger partial charge in [-0.3, -0.25) is 9.79 Å². The summed E-state index contributed by atoms with van der Waals surface area (Å²) in [4.78, 5) is 16.2. The lowest BCUT2D eigenvalue weighted by Crippen LogP contribution is -2.28. The number of anilines is 1. The highest BCUT2D eigenvalue weighted by molar-refractivity contribution is 9.10. The molecule has 0 atom stereocenters. The third-order valence-corrected chi connectivity index (χ3v) is 3.81. The van der Waals surface area contributed by atoms with E-state index in [1.54, 1.807) is 12.1 Å². The van der Waals surface area contributed by atoms with Crippen molar-refractivity contribution < 1.29 is 4.79 Å². The maximum atomic E-state index is 11.9. The zero-order valence-corrected chi connectivity index (χ0v) is 15.4. The molecule has 0 aromatic heterocycles. The van der Waals surface area contributed by atoms with Gasteiger partial charge >= 0.3 is 0 Å². The SMILES string of the molecule is Cc1cc(C)cc(NC(N)=NCCNC(=O)c2ccc(Br)cc2)c1. The second-order valence-corrected chi connectivity index (χ2v) is 6.45. The van der Waals surface area contributed by atoms with Crippen molar-refractivity contribution in [3.8, 4) is 0 Å². The number of carbonyl (C=O) groups excluding carboxylic acids is 1. The molecule has 6 heteroatoms. The van der Waals surface area contributed by atoms with Crippen LogP contribution in [-0.2, 0) is 0 Å². The first-order valence-electron chi connectivity index (χ1n) is 7.63. The van der Waals surface area contributed by atoms with Crippen LogP contribution in [0, 0.1) is 13.8 Å². The van der Waals surface area contributed by atoms with Crippen LogP contribution in [0.2, 0.25) is 0 Å². The van der Waals surface area contributed by atoms with Gasteiger partial charge in [0.1, 0.15) is 0 Å². The molecule has 126 valence electrons. The monoisotopic (exact) mass is 388 g/mol. The first-order valence-corrected chi connectivity index (χ1v) is 8.42. The van der Waals surface area contributed by atoms with Crippen molar-refractivity contribution >= 4 is 33.5 Å². The summed E-state index contributed by atoms with van der Waals surface area (Å²) in [6.07, 6.45) is 0. The average molecular weight is 389 g/mol. The van der Waals surface area contributed by atoms with Crippen LogP contribution in [-0.4, -0.2) is 25.0 Å². The van der Waals surface area contributed by atoms with Crippen LogP contribution in [0.5, 0.6) is 0 Å². The molecule has 0 aliphatic carbocycles. The normalized spacial score (nSPS) is 11.2. The molecule has 5 nitrogen and oxygen atoms in total. The summed E-state index contributed by atoms with van der Waals surface area (Å²) in [6.45, 7) is 4.89. The van der Waals surface area contributed by atoms with Gasteiger partial charge in [0.05, 0.1) is 6.54 Å². The van der Waals surface area contributed by atoms with Gasteiger partial charge in [-0.25, -0.2) is 0 Å². The van der Waals surface area contributed by atoms with Crippen LogP contribution in [0.3, 0.4) is 0 Å². The third kappa shape index (κ3) is 5.70. The van der Waals surface area contributed by atoms with Gasteiger partial charge in [-0.15, -0.1) is 0 Å². The second kappa shape index (κ2) is 8.49. The molecule has 1 amide bonds. The maximum Gasteiger partial charge on any atom is 0.251 e. The van der Waals surface area contributed by atoms with E-state index >= 15 is 0 Å². The smallest absolute Gasteiger partial charge is 0.251 e. The molecule has 2 rings (SSSR count). The molecule has 0 spiro atoms. The lowest BCUT2D eigenvalue weighted by atomic mass is 10.1. The Morgan fingerprint density at radius 2 is 1.75 bits per heavy atom. The highest BCUT2D eigenvalue weighted by Crippen LogP contribution is 2.13. The van der Waals surface area contributed by atoms with Gasteiger partial charge < -0.3 is 16.4 Å². The molecule has 0 unspecified atom stereocenters. The van der Waals surface area contributed by atoms with Crippen molar-refractivity contribution in [3.63, 3.8) is 0 Å². The molecule has 0 fully saturated rings. The Hall–Kier alpha value is -2.34. The predicted molar refractivity (Wildman–Crippen MR) is 103 cm³/mol. The number of hydrogen-bond acceptors (Lipinski definition) is 2. The number of guanidine groups is 1.